The second-order valence-electron chi connectivity index (χ2n) is 5.88. The van der Waals surface area contributed by atoms with Gasteiger partial charge in [-0.2, -0.15) is 5.10 Å². The van der Waals surface area contributed by atoms with Crippen molar-refractivity contribution in [1.82, 2.24) is 25.1 Å². The van der Waals surface area contributed by atoms with Crippen LogP contribution in [0.2, 0.25) is 0 Å². The number of nitrogens with zero attached hydrogens (tertiary/aromatic N) is 4. The molecule has 2 aromatic heterocycles. The molecular weight excluding hydrogens is 330 g/mol. The van der Waals surface area contributed by atoms with E-state index in [1.54, 1.807) is 17.2 Å². The molecule has 1 amide bonds. The highest BCUT2D eigenvalue weighted by Gasteiger charge is 2.11. The molecule has 0 saturated carbocycles. The van der Waals surface area contributed by atoms with Crippen molar-refractivity contribution in [3.8, 4) is 5.75 Å². The van der Waals surface area contributed by atoms with Gasteiger partial charge in [0.25, 0.3) is 0 Å². The third-order valence-electron chi connectivity index (χ3n) is 3.88. The van der Waals surface area contributed by atoms with Crippen LogP contribution in [0.25, 0.3) is 0 Å². The molecule has 7 nitrogen and oxygen atoms in total. The number of aryl methyl sites for hydroxylation is 1. The molecule has 0 saturated heterocycles. The number of rotatable bonds is 8. The van der Waals surface area contributed by atoms with Crippen LogP contribution in [0.4, 0.5) is 0 Å². The first-order valence-electron chi connectivity index (χ1n) is 8.45. The zero-order valence-electron chi connectivity index (χ0n) is 14.6. The highest BCUT2D eigenvalue weighted by atomic mass is 16.5. The van der Waals surface area contributed by atoms with Crippen molar-refractivity contribution in [3.05, 3.63) is 72.6 Å². The third kappa shape index (κ3) is 5.14. The Morgan fingerprint density at radius 3 is 2.96 bits per heavy atom. The molecule has 0 spiro atoms. The number of ether oxygens (including phenoxy) is 1. The third-order valence-corrected chi connectivity index (χ3v) is 3.88. The second-order valence-corrected chi connectivity index (χ2v) is 5.88. The molecule has 3 aromatic rings. The topological polar surface area (TPSA) is 81.9 Å². The van der Waals surface area contributed by atoms with Gasteiger partial charge in [-0.05, 0) is 36.8 Å². The fraction of sp³-hybridized carbons (Fsp3) is 0.263. The summed E-state index contributed by atoms with van der Waals surface area (Å²) in [7, 11) is 0. The summed E-state index contributed by atoms with van der Waals surface area (Å²) < 4.78 is 7.43. The van der Waals surface area contributed by atoms with Crippen molar-refractivity contribution in [3.63, 3.8) is 0 Å². The van der Waals surface area contributed by atoms with E-state index in [9.17, 15) is 4.79 Å². The molecule has 0 bridgehead atoms. The lowest BCUT2D eigenvalue weighted by Crippen LogP contribution is -2.27. The smallest absolute Gasteiger partial charge is 0.222 e. The highest BCUT2D eigenvalue weighted by molar-refractivity contribution is 5.76. The minimum absolute atomic E-state index is 0.0344. The second kappa shape index (κ2) is 8.75. The van der Waals surface area contributed by atoms with Gasteiger partial charge in [0, 0.05) is 12.6 Å². The van der Waals surface area contributed by atoms with Crippen LogP contribution in [0.15, 0.2) is 61.3 Å². The van der Waals surface area contributed by atoms with E-state index < -0.39 is 0 Å². The maximum Gasteiger partial charge on any atom is 0.222 e. The zero-order valence-corrected chi connectivity index (χ0v) is 14.6. The monoisotopic (exact) mass is 351 g/mol. The van der Waals surface area contributed by atoms with Crippen LogP contribution in [-0.2, 0) is 17.9 Å². The van der Waals surface area contributed by atoms with E-state index in [2.05, 4.69) is 20.4 Å². The van der Waals surface area contributed by atoms with Crippen LogP contribution in [0, 0.1) is 0 Å². The van der Waals surface area contributed by atoms with E-state index >= 15 is 0 Å². The number of hydrogen-bond acceptors (Lipinski definition) is 5. The highest BCUT2D eigenvalue weighted by Crippen LogP contribution is 2.20. The minimum atomic E-state index is -0.114. The van der Waals surface area contributed by atoms with Gasteiger partial charge in [-0.15, -0.1) is 0 Å². The number of carbonyl (C=O) groups is 1. The van der Waals surface area contributed by atoms with Gasteiger partial charge in [-0.25, -0.2) is 4.98 Å². The summed E-state index contributed by atoms with van der Waals surface area (Å²) in [5.74, 6) is 0.713. The molecule has 134 valence electrons. The first kappa shape index (κ1) is 17.6. The Balaban J connectivity index is 1.52. The van der Waals surface area contributed by atoms with E-state index in [1.807, 2.05) is 49.4 Å². The molecule has 0 unspecified atom stereocenters. The normalized spacial score (nSPS) is 11.7. The SMILES string of the molecule is C[C@@H](NC(=O)CCn1cncn1)c1cccc(OCc2ccccn2)c1. The quantitative estimate of drug-likeness (QED) is 0.674. The number of amides is 1. The van der Waals surface area contributed by atoms with E-state index in [1.165, 1.54) is 6.33 Å². The first-order chi connectivity index (χ1) is 12.7. The molecule has 0 aliphatic heterocycles. The maximum atomic E-state index is 12.1. The molecule has 7 heteroatoms. The molecular formula is C19H21N5O2. The summed E-state index contributed by atoms with van der Waals surface area (Å²) in [6, 6.07) is 13.3. The molecule has 0 radical (unpaired) electrons. The molecule has 0 fully saturated rings. The molecule has 0 aliphatic carbocycles. The Labute approximate surface area is 152 Å². The largest absolute Gasteiger partial charge is 0.487 e. The van der Waals surface area contributed by atoms with Crippen molar-refractivity contribution >= 4 is 5.91 Å². The minimum Gasteiger partial charge on any atom is -0.487 e. The summed E-state index contributed by atoms with van der Waals surface area (Å²) >= 11 is 0. The van der Waals surface area contributed by atoms with Gasteiger partial charge in [0.05, 0.1) is 18.3 Å². The molecule has 1 aromatic carbocycles. The van der Waals surface area contributed by atoms with Crippen LogP contribution < -0.4 is 10.1 Å². The molecule has 3 rings (SSSR count). The Kier molecular flexibility index (Phi) is 5.92. The predicted molar refractivity (Wildman–Crippen MR) is 96.2 cm³/mol. The van der Waals surface area contributed by atoms with Gasteiger partial charge in [0.15, 0.2) is 0 Å². The number of carbonyl (C=O) groups excluding carboxylic acids is 1. The summed E-state index contributed by atoms with van der Waals surface area (Å²) in [4.78, 5) is 20.2. The Morgan fingerprint density at radius 2 is 2.19 bits per heavy atom. The fourth-order valence-corrected chi connectivity index (χ4v) is 2.48. The van der Waals surface area contributed by atoms with Crippen LogP contribution in [0.1, 0.15) is 30.6 Å². The molecule has 2 heterocycles. The van der Waals surface area contributed by atoms with E-state index in [0.29, 0.717) is 19.6 Å². The number of hydrogen-bond donors (Lipinski definition) is 1. The van der Waals surface area contributed by atoms with Gasteiger partial charge >= 0.3 is 0 Å². The van der Waals surface area contributed by atoms with E-state index in [-0.39, 0.29) is 11.9 Å². The summed E-state index contributed by atoms with van der Waals surface area (Å²) in [5, 5.41) is 6.98. The molecule has 1 N–H and O–H groups in total. The lowest BCUT2D eigenvalue weighted by molar-refractivity contribution is -0.122. The number of pyridine rings is 1. The van der Waals surface area contributed by atoms with Gasteiger partial charge < -0.3 is 10.1 Å². The average Bonchev–Trinajstić information content (AvgIpc) is 3.19. The average molecular weight is 351 g/mol. The number of nitrogens with one attached hydrogen (secondary N) is 1. The lowest BCUT2D eigenvalue weighted by Gasteiger charge is -2.15. The van der Waals surface area contributed by atoms with E-state index in [4.69, 9.17) is 4.74 Å². The fourth-order valence-electron chi connectivity index (χ4n) is 2.48. The Bertz CT molecular complexity index is 821. The van der Waals surface area contributed by atoms with Gasteiger partial charge in [0.1, 0.15) is 25.0 Å². The predicted octanol–water partition coefficient (Wildman–Crippen LogP) is 2.52. The maximum absolute atomic E-state index is 12.1. The van der Waals surface area contributed by atoms with E-state index in [0.717, 1.165) is 17.0 Å². The van der Waals surface area contributed by atoms with Crippen molar-refractivity contribution in [2.45, 2.75) is 32.5 Å². The summed E-state index contributed by atoms with van der Waals surface area (Å²) in [6.07, 6.45) is 5.14. The van der Waals surface area contributed by atoms with Crippen LogP contribution >= 0.6 is 0 Å². The Hall–Kier alpha value is -3.22. The molecule has 0 aliphatic rings. The van der Waals surface area contributed by atoms with Crippen molar-refractivity contribution < 1.29 is 9.53 Å². The van der Waals surface area contributed by atoms with Crippen molar-refractivity contribution in [2.24, 2.45) is 0 Å². The summed E-state index contributed by atoms with van der Waals surface area (Å²) in [5.41, 5.74) is 1.85. The van der Waals surface area contributed by atoms with Gasteiger partial charge in [-0.3, -0.25) is 14.5 Å². The van der Waals surface area contributed by atoms with Crippen LogP contribution in [0.3, 0.4) is 0 Å². The van der Waals surface area contributed by atoms with Crippen molar-refractivity contribution in [2.75, 3.05) is 0 Å². The lowest BCUT2D eigenvalue weighted by atomic mass is 10.1. The summed E-state index contributed by atoms with van der Waals surface area (Å²) in [6.45, 7) is 2.86. The number of benzene rings is 1. The van der Waals surface area contributed by atoms with Crippen LogP contribution in [0.5, 0.6) is 5.75 Å². The zero-order chi connectivity index (χ0) is 18.2. The van der Waals surface area contributed by atoms with Gasteiger partial charge in [-0.1, -0.05) is 18.2 Å². The first-order valence-corrected chi connectivity index (χ1v) is 8.45. The van der Waals surface area contributed by atoms with Gasteiger partial charge in [0.2, 0.25) is 5.91 Å². The number of aromatic nitrogens is 4. The molecule has 1 atom stereocenters. The van der Waals surface area contributed by atoms with Crippen molar-refractivity contribution in [1.29, 1.82) is 0 Å². The Morgan fingerprint density at radius 1 is 1.27 bits per heavy atom. The molecule has 26 heavy (non-hydrogen) atoms. The standard InChI is InChI=1S/C19H21N5O2/c1-15(23-19(25)8-10-24-14-20-13-22-24)16-5-4-7-18(11-16)26-12-17-6-2-3-9-21-17/h2-7,9,11,13-15H,8,10,12H2,1H3,(H,23,25)/t15-/m1/s1. The van der Waals surface area contributed by atoms with Crippen LogP contribution in [-0.4, -0.2) is 25.7 Å².